The van der Waals surface area contributed by atoms with Gasteiger partial charge in [-0.25, -0.2) is 0 Å². The summed E-state index contributed by atoms with van der Waals surface area (Å²) in [5, 5.41) is 3.69. The Morgan fingerprint density at radius 3 is 2.94 bits per heavy atom. The SMILES string of the molecule is CCCOC1CCCN(CC2NCCCC2C)C1. The fraction of sp³-hybridized carbons (Fsp3) is 1.00. The van der Waals surface area contributed by atoms with Gasteiger partial charge in [-0.3, -0.25) is 4.90 Å². The predicted molar refractivity (Wildman–Crippen MR) is 75.9 cm³/mol. The van der Waals surface area contributed by atoms with Crippen LogP contribution in [0.2, 0.25) is 0 Å². The summed E-state index contributed by atoms with van der Waals surface area (Å²) in [6, 6.07) is 0.698. The molecule has 3 unspecified atom stereocenters. The van der Waals surface area contributed by atoms with Gasteiger partial charge in [0.05, 0.1) is 6.10 Å². The first-order valence-corrected chi connectivity index (χ1v) is 7.87. The van der Waals surface area contributed by atoms with Crippen molar-refractivity contribution in [3.8, 4) is 0 Å². The van der Waals surface area contributed by atoms with Crippen LogP contribution in [0.25, 0.3) is 0 Å². The van der Waals surface area contributed by atoms with Gasteiger partial charge in [-0.15, -0.1) is 0 Å². The minimum Gasteiger partial charge on any atom is -0.377 e. The zero-order valence-corrected chi connectivity index (χ0v) is 12.2. The highest BCUT2D eigenvalue weighted by Gasteiger charge is 2.26. The molecule has 3 heteroatoms. The number of ether oxygens (including phenoxy) is 1. The zero-order chi connectivity index (χ0) is 12.8. The van der Waals surface area contributed by atoms with Gasteiger partial charge in [-0.05, 0) is 51.1 Å². The average Bonchev–Trinajstić information content (AvgIpc) is 2.40. The van der Waals surface area contributed by atoms with Crippen LogP contribution in [0.3, 0.4) is 0 Å². The predicted octanol–water partition coefficient (Wildman–Crippen LogP) is 2.27. The number of nitrogens with one attached hydrogen (secondary N) is 1. The Balaban J connectivity index is 1.74. The highest BCUT2D eigenvalue weighted by Crippen LogP contribution is 2.19. The first-order chi connectivity index (χ1) is 8.79. The summed E-state index contributed by atoms with van der Waals surface area (Å²) in [5.74, 6) is 0.829. The van der Waals surface area contributed by atoms with Crippen LogP contribution >= 0.6 is 0 Å². The third-order valence-corrected chi connectivity index (χ3v) is 4.40. The zero-order valence-electron chi connectivity index (χ0n) is 12.2. The molecule has 1 N–H and O–H groups in total. The van der Waals surface area contributed by atoms with E-state index in [-0.39, 0.29) is 0 Å². The molecule has 0 saturated carbocycles. The molecule has 18 heavy (non-hydrogen) atoms. The molecule has 0 aliphatic carbocycles. The van der Waals surface area contributed by atoms with Crippen molar-refractivity contribution in [1.29, 1.82) is 0 Å². The lowest BCUT2D eigenvalue weighted by Crippen LogP contribution is -2.51. The molecule has 0 spiro atoms. The van der Waals surface area contributed by atoms with E-state index in [1.54, 1.807) is 0 Å². The molecule has 0 amide bonds. The first-order valence-electron chi connectivity index (χ1n) is 7.87. The molecule has 3 atom stereocenters. The van der Waals surface area contributed by atoms with Crippen molar-refractivity contribution in [1.82, 2.24) is 10.2 Å². The van der Waals surface area contributed by atoms with Crippen molar-refractivity contribution in [2.75, 3.05) is 32.8 Å². The molecule has 0 bridgehead atoms. The summed E-state index contributed by atoms with van der Waals surface area (Å²) in [5.41, 5.74) is 0. The lowest BCUT2D eigenvalue weighted by atomic mass is 9.92. The molecule has 106 valence electrons. The third kappa shape index (κ3) is 4.22. The van der Waals surface area contributed by atoms with Crippen LogP contribution in [-0.4, -0.2) is 49.8 Å². The molecule has 2 fully saturated rings. The molecule has 0 aromatic rings. The summed E-state index contributed by atoms with van der Waals surface area (Å²) >= 11 is 0. The van der Waals surface area contributed by atoms with Gasteiger partial charge < -0.3 is 10.1 Å². The molecule has 0 aromatic heterocycles. The minimum absolute atomic E-state index is 0.484. The van der Waals surface area contributed by atoms with Crippen LogP contribution in [0.15, 0.2) is 0 Å². The molecule has 0 radical (unpaired) electrons. The number of rotatable bonds is 5. The van der Waals surface area contributed by atoms with E-state index in [0.29, 0.717) is 12.1 Å². The molecule has 2 aliphatic heterocycles. The third-order valence-electron chi connectivity index (χ3n) is 4.40. The Morgan fingerprint density at radius 1 is 1.28 bits per heavy atom. The smallest absolute Gasteiger partial charge is 0.0702 e. The van der Waals surface area contributed by atoms with E-state index in [1.165, 1.54) is 45.3 Å². The number of hydrogen-bond acceptors (Lipinski definition) is 3. The maximum absolute atomic E-state index is 5.92. The van der Waals surface area contributed by atoms with Crippen LogP contribution in [0.4, 0.5) is 0 Å². The normalized spacial score (nSPS) is 34.7. The Kier molecular flexibility index (Phi) is 5.93. The molecular weight excluding hydrogens is 224 g/mol. The second-order valence-corrected chi connectivity index (χ2v) is 6.07. The number of nitrogens with zero attached hydrogens (tertiary/aromatic N) is 1. The second kappa shape index (κ2) is 7.46. The van der Waals surface area contributed by atoms with Crippen LogP contribution in [0.1, 0.15) is 46.0 Å². The average molecular weight is 254 g/mol. The molecule has 2 heterocycles. The lowest BCUT2D eigenvalue weighted by Gasteiger charge is -2.38. The topological polar surface area (TPSA) is 24.5 Å². The molecule has 0 aromatic carbocycles. The van der Waals surface area contributed by atoms with Crippen LogP contribution in [0.5, 0.6) is 0 Å². The summed E-state index contributed by atoms with van der Waals surface area (Å²) in [4.78, 5) is 2.61. The van der Waals surface area contributed by atoms with Crippen LogP contribution in [0, 0.1) is 5.92 Å². The van der Waals surface area contributed by atoms with E-state index in [0.717, 1.165) is 25.5 Å². The van der Waals surface area contributed by atoms with Gasteiger partial charge in [0, 0.05) is 25.7 Å². The first kappa shape index (κ1) is 14.3. The van der Waals surface area contributed by atoms with Gasteiger partial charge >= 0.3 is 0 Å². The maximum Gasteiger partial charge on any atom is 0.0702 e. The van der Waals surface area contributed by atoms with Crippen molar-refractivity contribution in [3.05, 3.63) is 0 Å². The van der Waals surface area contributed by atoms with Gasteiger partial charge in [0.1, 0.15) is 0 Å². The quantitative estimate of drug-likeness (QED) is 0.814. The molecule has 2 rings (SSSR count). The number of likely N-dealkylation sites (tertiary alicyclic amines) is 1. The van der Waals surface area contributed by atoms with E-state index in [9.17, 15) is 0 Å². The largest absolute Gasteiger partial charge is 0.377 e. The van der Waals surface area contributed by atoms with E-state index in [2.05, 4.69) is 24.1 Å². The van der Waals surface area contributed by atoms with Crippen molar-refractivity contribution in [2.24, 2.45) is 5.92 Å². The Morgan fingerprint density at radius 2 is 2.17 bits per heavy atom. The van der Waals surface area contributed by atoms with Gasteiger partial charge in [0.25, 0.3) is 0 Å². The van der Waals surface area contributed by atoms with Gasteiger partial charge in [-0.2, -0.15) is 0 Å². The van der Waals surface area contributed by atoms with Crippen molar-refractivity contribution >= 4 is 0 Å². The number of piperidine rings is 2. The second-order valence-electron chi connectivity index (χ2n) is 6.07. The monoisotopic (exact) mass is 254 g/mol. The Labute approximate surface area is 112 Å². The maximum atomic E-state index is 5.92. The van der Waals surface area contributed by atoms with E-state index < -0.39 is 0 Å². The van der Waals surface area contributed by atoms with Crippen LogP contribution in [-0.2, 0) is 4.74 Å². The Bertz CT molecular complexity index is 235. The van der Waals surface area contributed by atoms with Crippen molar-refractivity contribution in [2.45, 2.75) is 58.1 Å². The van der Waals surface area contributed by atoms with E-state index in [1.807, 2.05) is 0 Å². The van der Waals surface area contributed by atoms with Crippen molar-refractivity contribution in [3.63, 3.8) is 0 Å². The molecular formula is C15H30N2O. The number of hydrogen-bond donors (Lipinski definition) is 1. The van der Waals surface area contributed by atoms with E-state index in [4.69, 9.17) is 4.74 Å². The van der Waals surface area contributed by atoms with Crippen molar-refractivity contribution < 1.29 is 4.74 Å². The highest BCUT2D eigenvalue weighted by molar-refractivity contribution is 4.84. The lowest BCUT2D eigenvalue weighted by molar-refractivity contribution is -0.00456. The Hall–Kier alpha value is -0.120. The van der Waals surface area contributed by atoms with E-state index >= 15 is 0 Å². The summed E-state index contributed by atoms with van der Waals surface area (Å²) in [6.07, 6.45) is 6.91. The minimum atomic E-state index is 0.484. The summed E-state index contributed by atoms with van der Waals surface area (Å²) in [6.45, 7) is 10.3. The van der Waals surface area contributed by atoms with Crippen LogP contribution < -0.4 is 5.32 Å². The molecule has 3 nitrogen and oxygen atoms in total. The summed E-state index contributed by atoms with van der Waals surface area (Å²) in [7, 11) is 0. The van der Waals surface area contributed by atoms with Gasteiger partial charge in [-0.1, -0.05) is 13.8 Å². The molecule has 2 aliphatic rings. The molecule has 2 saturated heterocycles. The standard InChI is InChI=1S/C15H30N2O/c1-3-10-18-14-7-5-9-17(11-14)12-15-13(2)6-4-8-16-15/h13-16H,3-12H2,1-2H3. The van der Waals surface area contributed by atoms with Gasteiger partial charge in [0.15, 0.2) is 0 Å². The summed E-state index contributed by atoms with van der Waals surface area (Å²) < 4.78 is 5.92. The fourth-order valence-electron chi connectivity index (χ4n) is 3.24. The fourth-order valence-corrected chi connectivity index (χ4v) is 3.24. The van der Waals surface area contributed by atoms with Gasteiger partial charge in [0.2, 0.25) is 0 Å². The highest BCUT2D eigenvalue weighted by atomic mass is 16.5.